The molecule has 0 amide bonds. The zero-order valence-corrected chi connectivity index (χ0v) is 12.3. The second-order valence-electron chi connectivity index (χ2n) is 4.33. The van der Waals surface area contributed by atoms with E-state index in [4.69, 9.17) is 11.6 Å². The van der Waals surface area contributed by atoms with Crippen LogP contribution in [0.1, 0.15) is 19.3 Å². The first kappa shape index (κ1) is 13.3. The summed E-state index contributed by atoms with van der Waals surface area (Å²) in [5.74, 6) is 0.322. The smallest absolute Gasteiger partial charge is 0.207 e. The van der Waals surface area contributed by atoms with Gasteiger partial charge in [0.15, 0.2) is 0 Å². The summed E-state index contributed by atoms with van der Waals surface area (Å²) in [5, 5.41) is 0. The highest BCUT2D eigenvalue weighted by Gasteiger charge is 2.39. The van der Waals surface area contributed by atoms with E-state index in [0.29, 0.717) is 5.88 Å². The Kier molecular flexibility index (Phi) is 3.83. The summed E-state index contributed by atoms with van der Waals surface area (Å²) < 4.78 is 27.8. The van der Waals surface area contributed by atoms with Gasteiger partial charge in [0.05, 0.1) is 4.90 Å². The molecule has 2 rings (SSSR count). The molecule has 3 nitrogen and oxygen atoms in total. The van der Waals surface area contributed by atoms with E-state index in [2.05, 4.69) is 20.7 Å². The fraction of sp³-hybridized carbons (Fsp3) is 0.455. The van der Waals surface area contributed by atoms with Crippen LogP contribution >= 0.6 is 27.5 Å². The standard InChI is InChI=1S/C11H13BrClNO2S/c12-9-2-4-10(5-3-9)17(15,16)14-11(8-13)6-1-7-11/h2-5,14H,1,6-8H2. The second-order valence-corrected chi connectivity index (χ2v) is 7.19. The van der Waals surface area contributed by atoms with Crippen LogP contribution in [0.4, 0.5) is 0 Å². The summed E-state index contributed by atoms with van der Waals surface area (Å²) >= 11 is 9.12. The van der Waals surface area contributed by atoms with Gasteiger partial charge >= 0.3 is 0 Å². The Morgan fingerprint density at radius 1 is 1.29 bits per heavy atom. The van der Waals surface area contributed by atoms with E-state index in [1.165, 1.54) is 0 Å². The second kappa shape index (κ2) is 4.88. The minimum Gasteiger partial charge on any atom is -0.207 e. The Balaban J connectivity index is 2.22. The number of nitrogens with one attached hydrogen (secondary N) is 1. The van der Waals surface area contributed by atoms with Crippen molar-refractivity contribution in [1.29, 1.82) is 0 Å². The van der Waals surface area contributed by atoms with Crippen LogP contribution in [0.5, 0.6) is 0 Å². The molecule has 6 heteroatoms. The van der Waals surface area contributed by atoms with Crippen molar-refractivity contribution < 1.29 is 8.42 Å². The van der Waals surface area contributed by atoms with E-state index in [1.54, 1.807) is 24.3 Å². The Labute approximate surface area is 115 Å². The summed E-state index contributed by atoms with van der Waals surface area (Å²) in [6, 6.07) is 6.57. The predicted molar refractivity (Wildman–Crippen MR) is 71.8 cm³/mol. The molecule has 0 radical (unpaired) electrons. The summed E-state index contributed by atoms with van der Waals surface area (Å²) in [7, 11) is -3.46. The molecule has 1 saturated carbocycles. The lowest BCUT2D eigenvalue weighted by molar-refractivity contribution is 0.252. The third kappa shape index (κ3) is 2.84. The van der Waals surface area contributed by atoms with Crippen LogP contribution in [0.15, 0.2) is 33.6 Å². The van der Waals surface area contributed by atoms with Crippen molar-refractivity contribution in [3.05, 3.63) is 28.7 Å². The molecular formula is C11H13BrClNO2S. The molecule has 94 valence electrons. The lowest BCUT2D eigenvalue weighted by Gasteiger charge is -2.40. The third-order valence-electron chi connectivity index (χ3n) is 3.04. The van der Waals surface area contributed by atoms with E-state index in [9.17, 15) is 8.42 Å². The molecule has 0 aliphatic heterocycles. The lowest BCUT2D eigenvalue weighted by atomic mass is 9.79. The Morgan fingerprint density at radius 3 is 2.29 bits per heavy atom. The average Bonchev–Trinajstić information content (AvgIpc) is 2.24. The molecule has 0 bridgehead atoms. The summed E-state index contributed by atoms with van der Waals surface area (Å²) in [5.41, 5.74) is -0.437. The van der Waals surface area contributed by atoms with Gasteiger partial charge in [-0.3, -0.25) is 0 Å². The van der Waals surface area contributed by atoms with Gasteiger partial charge in [0.25, 0.3) is 0 Å². The van der Waals surface area contributed by atoms with E-state index in [-0.39, 0.29) is 4.90 Å². The van der Waals surface area contributed by atoms with Crippen molar-refractivity contribution in [2.75, 3.05) is 5.88 Å². The number of halogens is 2. The maximum atomic E-state index is 12.1. The summed E-state index contributed by atoms with van der Waals surface area (Å²) in [6.07, 6.45) is 2.65. The fourth-order valence-corrected chi connectivity index (χ4v) is 3.96. The van der Waals surface area contributed by atoms with Gasteiger partial charge in [0, 0.05) is 15.9 Å². The quantitative estimate of drug-likeness (QED) is 0.858. The Morgan fingerprint density at radius 2 is 1.88 bits per heavy atom. The zero-order valence-electron chi connectivity index (χ0n) is 9.12. The SMILES string of the molecule is O=S(=O)(NC1(CCl)CCC1)c1ccc(Br)cc1. The topological polar surface area (TPSA) is 46.2 Å². The summed E-state index contributed by atoms with van der Waals surface area (Å²) in [4.78, 5) is 0.275. The molecule has 1 N–H and O–H groups in total. The van der Waals surface area contributed by atoms with Gasteiger partial charge in [-0.2, -0.15) is 0 Å². The predicted octanol–water partition coefficient (Wildman–Crippen LogP) is 2.89. The van der Waals surface area contributed by atoms with Gasteiger partial charge < -0.3 is 0 Å². The lowest BCUT2D eigenvalue weighted by Crippen LogP contribution is -2.54. The van der Waals surface area contributed by atoms with Crippen LogP contribution in [-0.4, -0.2) is 19.8 Å². The van der Waals surface area contributed by atoms with Gasteiger partial charge in [-0.15, -0.1) is 11.6 Å². The van der Waals surface area contributed by atoms with Crippen molar-refractivity contribution in [3.8, 4) is 0 Å². The molecule has 17 heavy (non-hydrogen) atoms. The maximum Gasteiger partial charge on any atom is 0.241 e. The van der Waals surface area contributed by atoms with Gasteiger partial charge in [-0.25, -0.2) is 13.1 Å². The van der Waals surface area contributed by atoms with Crippen LogP contribution < -0.4 is 4.72 Å². The van der Waals surface area contributed by atoms with Gasteiger partial charge in [-0.05, 0) is 43.5 Å². The first-order chi connectivity index (χ1) is 7.97. The molecular weight excluding hydrogens is 326 g/mol. The third-order valence-corrected chi connectivity index (χ3v) is 5.68. The Hall–Kier alpha value is -0.100. The number of benzene rings is 1. The molecule has 1 aliphatic rings. The average molecular weight is 339 g/mol. The minimum atomic E-state index is -3.46. The van der Waals surface area contributed by atoms with Crippen LogP contribution in [0.25, 0.3) is 0 Å². The van der Waals surface area contributed by atoms with E-state index in [0.717, 1.165) is 23.7 Å². The van der Waals surface area contributed by atoms with E-state index < -0.39 is 15.6 Å². The van der Waals surface area contributed by atoms with Crippen LogP contribution in [-0.2, 0) is 10.0 Å². The van der Waals surface area contributed by atoms with Crippen molar-refractivity contribution >= 4 is 37.6 Å². The van der Waals surface area contributed by atoms with Crippen molar-refractivity contribution in [2.45, 2.75) is 29.7 Å². The number of hydrogen-bond acceptors (Lipinski definition) is 2. The minimum absolute atomic E-state index is 0.275. The largest absolute Gasteiger partial charge is 0.241 e. The van der Waals surface area contributed by atoms with Gasteiger partial charge in [0.2, 0.25) is 10.0 Å². The number of sulfonamides is 1. The van der Waals surface area contributed by atoms with Crippen molar-refractivity contribution in [2.24, 2.45) is 0 Å². The monoisotopic (exact) mass is 337 g/mol. The normalized spacial score (nSPS) is 18.7. The molecule has 0 heterocycles. The number of alkyl halides is 1. The van der Waals surface area contributed by atoms with Gasteiger partial charge in [0.1, 0.15) is 0 Å². The first-order valence-corrected chi connectivity index (χ1v) is 8.14. The van der Waals surface area contributed by atoms with E-state index in [1.807, 2.05) is 0 Å². The van der Waals surface area contributed by atoms with Crippen LogP contribution in [0.2, 0.25) is 0 Å². The molecule has 0 saturated heterocycles. The number of rotatable bonds is 4. The number of hydrogen-bond donors (Lipinski definition) is 1. The molecule has 1 aliphatic carbocycles. The van der Waals surface area contributed by atoms with Crippen molar-refractivity contribution in [3.63, 3.8) is 0 Å². The zero-order chi connectivity index (χ0) is 12.5. The fourth-order valence-electron chi connectivity index (χ4n) is 1.82. The summed E-state index contributed by atoms with van der Waals surface area (Å²) in [6.45, 7) is 0. The maximum absolute atomic E-state index is 12.1. The molecule has 1 aromatic carbocycles. The molecule has 0 unspecified atom stereocenters. The highest BCUT2D eigenvalue weighted by atomic mass is 79.9. The van der Waals surface area contributed by atoms with Crippen molar-refractivity contribution in [1.82, 2.24) is 4.72 Å². The molecule has 0 aromatic heterocycles. The van der Waals surface area contributed by atoms with Crippen LogP contribution in [0.3, 0.4) is 0 Å². The first-order valence-electron chi connectivity index (χ1n) is 5.33. The highest BCUT2D eigenvalue weighted by Crippen LogP contribution is 2.34. The van der Waals surface area contributed by atoms with Crippen LogP contribution in [0, 0.1) is 0 Å². The molecule has 0 atom stereocenters. The highest BCUT2D eigenvalue weighted by molar-refractivity contribution is 9.10. The molecule has 1 fully saturated rings. The van der Waals surface area contributed by atoms with E-state index >= 15 is 0 Å². The van der Waals surface area contributed by atoms with Gasteiger partial charge in [-0.1, -0.05) is 15.9 Å². The molecule has 0 spiro atoms. The molecule has 1 aromatic rings. The Bertz CT molecular complexity index is 491.